The predicted molar refractivity (Wildman–Crippen MR) is 88.2 cm³/mol. The van der Waals surface area contributed by atoms with Crippen LogP contribution in [0, 0.1) is 0 Å². The average molecular weight is 336 g/mol. The van der Waals surface area contributed by atoms with Gasteiger partial charge in [0.25, 0.3) is 0 Å². The van der Waals surface area contributed by atoms with E-state index in [0.29, 0.717) is 13.2 Å². The number of ether oxygens (including phenoxy) is 1. The predicted octanol–water partition coefficient (Wildman–Crippen LogP) is 0.687. The van der Waals surface area contributed by atoms with Crippen molar-refractivity contribution in [2.45, 2.75) is 58.2 Å². The maximum Gasteiger partial charge on any atom is 0.327 e. The van der Waals surface area contributed by atoms with E-state index in [1.165, 1.54) is 32.1 Å². The van der Waals surface area contributed by atoms with Crippen molar-refractivity contribution >= 4 is 5.97 Å². The van der Waals surface area contributed by atoms with Gasteiger partial charge in [-0.2, -0.15) is 0 Å². The van der Waals surface area contributed by atoms with Crippen molar-refractivity contribution in [3.05, 3.63) is 5.82 Å². The fraction of sp³-hybridized carbons (Fsp3) is 0.875. The molecule has 0 amide bonds. The van der Waals surface area contributed by atoms with E-state index in [2.05, 4.69) is 25.3 Å². The Kier molecular flexibility index (Phi) is 6.14. The van der Waals surface area contributed by atoms with Crippen LogP contribution in [0.5, 0.6) is 0 Å². The van der Waals surface area contributed by atoms with Crippen molar-refractivity contribution in [1.82, 2.24) is 30.0 Å². The van der Waals surface area contributed by atoms with Crippen molar-refractivity contribution in [3.63, 3.8) is 0 Å². The van der Waals surface area contributed by atoms with E-state index >= 15 is 0 Å². The molecule has 0 unspecified atom stereocenters. The fourth-order valence-corrected chi connectivity index (χ4v) is 3.72. The summed E-state index contributed by atoms with van der Waals surface area (Å²) in [6, 6.07) is 0.787. The largest absolute Gasteiger partial charge is 0.465 e. The Morgan fingerprint density at radius 2 is 1.92 bits per heavy atom. The van der Waals surface area contributed by atoms with E-state index in [0.717, 1.165) is 38.0 Å². The number of hydrogen-bond donors (Lipinski definition) is 0. The minimum Gasteiger partial charge on any atom is -0.465 e. The molecule has 1 aliphatic carbocycles. The highest BCUT2D eigenvalue weighted by atomic mass is 16.5. The summed E-state index contributed by atoms with van der Waals surface area (Å²) >= 11 is 0. The number of aromatic nitrogens is 4. The highest BCUT2D eigenvalue weighted by molar-refractivity contribution is 5.69. The van der Waals surface area contributed by atoms with Gasteiger partial charge in [0.15, 0.2) is 5.82 Å². The maximum atomic E-state index is 11.6. The van der Waals surface area contributed by atoms with Gasteiger partial charge in [-0.3, -0.25) is 14.6 Å². The second kappa shape index (κ2) is 8.53. The molecule has 0 aromatic carbocycles. The third kappa shape index (κ3) is 4.51. The first-order chi connectivity index (χ1) is 11.8. The molecular weight excluding hydrogens is 308 g/mol. The lowest BCUT2D eigenvalue weighted by Gasteiger charge is -2.40. The van der Waals surface area contributed by atoms with Gasteiger partial charge >= 0.3 is 5.97 Å². The zero-order valence-electron chi connectivity index (χ0n) is 14.6. The van der Waals surface area contributed by atoms with E-state index in [-0.39, 0.29) is 12.5 Å². The van der Waals surface area contributed by atoms with Crippen molar-refractivity contribution < 1.29 is 9.53 Å². The zero-order valence-corrected chi connectivity index (χ0v) is 14.6. The van der Waals surface area contributed by atoms with Crippen LogP contribution in [0.3, 0.4) is 0 Å². The lowest BCUT2D eigenvalue weighted by molar-refractivity contribution is -0.144. The second-order valence-electron chi connectivity index (χ2n) is 6.66. The molecule has 1 aromatic heterocycles. The Morgan fingerprint density at radius 1 is 1.17 bits per heavy atom. The Labute approximate surface area is 143 Å². The van der Waals surface area contributed by atoms with Crippen LogP contribution in [0.15, 0.2) is 0 Å². The van der Waals surface area contributed by atoms with Crippen molar-refractivity contribution in [1.29, 1.82) is 0 Å². The Morgan fingerprint density at radius 3 is 2.62 bits per heavy atom. The molecule has 0 atom stereocenters. The summed E-state index contributed by atoms with van der Waals surface area (Å²) in [5.41, 5.74) is 0. The van der Waals surface area contributed by atoms with Crippen LogP contribution in [0.25, 0.3) is 0 Å². The molecule has 2 aliphatic rings. The number of hydrogen-bond acceptors (Lipinski definition) is 7. The number of esters is 1. The molecule has 0 bridgehead atoms. The summed E-state index contributed by atoms with van der Waals surface area (Å²) in [6.07, 6.45) is 6.89. The number of tetrazole rings is 1. The molecular formula is C16H28N6O2. The Bertz CT molecular complexity index is 520. The number of rotatable bonds is 6. The number of carbonyl (C=O) groups is 1. The fourth-order valence-electron chi connectivity index (χ4n) is 3.72. The van der Waals surface area contributed by atoms with E-state index in [1.54, 1.807) is 11.6 Å². The smallest absolute Gasteiger partial charge is 0.327 e. The first kappa shape index (κ1) is 17.3. The van der Waals surface area contributed by atoms with E-state index in [9.17, 15) is 4.79 Å². The van der Waals surface area contributed by atoms with Crippen molar-refractivity contribution in [3.8, 4) is 0 Å². The van der Waals surface area contributed by atoms with Crippen LogP contribution in [-0.4, -0.2) is 74.8 Å². The van der Waals surface area contributed by atoms with Crippen LogP contribution in [-0.2, 0) is 22.6 Å². The number of piperazine rings is 1. The Balaban J connectivity index is 1.48. The van der Waals surface area contributed by atoms with Crippen LogP contribution in [0.4, 0.5) is 0 Å². The molecule has 1 aliphatic heterocycles. The van der Waals surface area contributed by atoms with Gasteiger partial charge in [-0.25, -0.2) is 4.68 Å². The van der Waals surface area contributed by atoms with Crippen molar-refractivity contribution in [2.75, 3.05) is 32.8 Å². The average Bonchev–Trinajstić information content (AvgIpc) is 3.03. The Hall–Kier alpha value is -1.54. The molecule has 24 heavy (non-hydrogen) atoms. The highest BCUT2D eigenvalue weighted by Gasteiger charge is 2.26. The topological polar surface area (TPSA) is 76.4 Å². The number of carbonyl (C=O) groups excluding carboxylic acids is 1. The van der Waals surface area contributed by atoms with Gasteiger partial charge in [0.2, 0.25) is 0 Å². The first-order valence-corrected chi connectivity index (χ1v) is 9.13. The quantitative estimate of drug-likeness (QED) is 0.707. The lowest BCUT2D eigenvalue weighted by atomic mass is 9.94. The summed E-state index contributed by atoms with van der Waals surface area (Å²) in [5, 5.41) is 11.7. The highest BCUT2D eigenvalue weighted by Crippen LogP contribution is 2.23. The third-order valence-electron chi connectivity index (χ3n) is 5.05. The van der Waals surface area contributed by atoms with Gasteiger partial charge in [-0.05, 0) is 30.2 Å². The molecule has 1 saturated carbocycles. The van der Waals surface area contributed by atoms with Crippen LogP contribution in [0.2, 0.25) is 0 Å². The summed E-state index contributed by atoms with van der Waals surface area (Å²) in [4.78, 5) is 16.6. The summed E-state index contributed by atoms with van der Waals surface area (Å²) in [5.74, 6) is 0.433. The van der Waals surface area contributed by atoms with E-state index < -0.39 is 0 Å². The molecule has 8 heteroatoms. The molecule has 2 heterocycles. The summed E-state index contributed by atoms with van der Waals surface area (Å²) in [7, 11) is 0. The molecule has 3 rings (SSSR count). The molecule has 0 N–H and O–H groups in total. The second-order valence-corrected chi connectivity index (χ2v) is 6.66. The third-order valence-corrected chi connectivity index (χ3v) is 5.05. The van der Waals surface area contributed by atoms with Gasteiger partial charge in [0.1, 0.15) is 6.54 Å². The molecule has 0 spiro atoms. The minimum atomic E-state index is -0.298. The van der Waals surface area contributed by atoms with E-state index in [1.807, 2.05) is 0 Å². The zero-order chi connectivity index (χ0) is 16.8. The standard InChI is InChI=1S/C16H28N6O2/c1-2-24-16(23)13-22-15(17-18-19-22)12-20-8-10-21(11-9-20)14-6-4-3-5-7-14/h14H,2-13H2,1H3. The summed E-state index contributed by atoms with van der Waals surface area (Å²) in [6.45, 7) is 7.23. The van der Waals surface area contributed by atoms with Gasteiger partial charge in [-0.1, -0.05) is 19.3 Å². The monoisotopic (exact) mass is 336 g/mol. The van der Waals surface area contributed by atoms with E-state index in [4.69, 9.17) is 4.74 Å². The molecule has 1 saturated heterocycles. The number of nitrogens with zero attached hydrogens (tertiary/aromatic N) is 6. The summed E-state index contributed by atoms with van der Waals surface area (Å²) < 4.78 is 6.51. The minimum absolute atomic E-state index is 0.0816. The van der Waals surface area contributed by atoms with Crippen LogP contribution < -0.4 is 0 Å². The van der Waals surface area contributed by atoms with Crippen LogP contribution in [0.1, 0.15) is 44.9 Å². The van der Waals surface area contributed by atoms with Gasteiger partial charge in [-0.15, -0.1) is 5.10 Å². The van der Waals surface area contributed by atoms with Gasteiger partial charge in [0.05, 0.1) is 13.2 Å². The normalized spacial score (nSPS) is 21.0. The molecule has 8 nitrogen and oxygen atoms in total. The van der Waals surface area contributed by atoms with Gasteiger partial charge in [0, 0.05) is 32.2 Å². The molecule has 0 radical (unpaired) electrons. The molecule has 2 fully saturated rings. The molecule has 134 valence electrons. The molecule has 1 aromatic rings. The first-order valence-electron chi connectivity index (χ1n) is 9.13. The SMILES string of the molecule is CCOC(=O)Cn1nnnc1CN1CCN(C2CCCCC2)CC1. The van der Waals surface area contributed by atoms with Gasteiger partial charge < -0.3 is 4.74 Å². The lowest BCUT2D eigenvalue weighted by Crippen LogP contribution is -2.50. The van der Waals surface area contributed by atoms with Crippen LogP contribution >= 0.6 is 0 Å². The van der Waals surface area contributed by atoms with Crippen molar-refractivity contribution in [2.24, 2.45) is 0 Å². The maximum absolute atomic E-state index is 11.6.